The maximum Gasteiger partial charge on any atom is 0.271 e. The molecule has 29 heavy (non-hydrogen) atoms. The van der Waals surface area contributed by atoms with Crippen molar-refractivity contribution in [3.05, 3.63) is 40.4 Å². The minimum Gasteiger partial charge on any atom is -0.493 e. The fraction of sp³-hybridized carbons (Fsp3) is 0.300. The summed E-state index contributed by atoms with van der Waals surface area (Å²) >= 11 is 6.26. The van der Waals surface area contributed by atoms with Gasteiger partial charge in [0.15, 0.2) is 23.0 Å². The van der Waals surface area contributed by atoms with Crippen molar-refractivity contribution in [3.63, 3.8) is 0 Å². The molecule has 0 spiro atoms. The maximum atomic E-state index is 12.5. The molecule has 0 radical (unpaired) electrons. The third kappa shape index (κ3) is 4.65. The fourth-order valence-corrected chi connectivity index (χ4v) is 3.04. The molecule has 0 saturated carbocycles. The van der Waals surface area contributed by atoms with Crippen molar-refractivity contribution in [2.45, 2.75) is 6.42 Å². The first kappa shape index (κ1) is 20.6. The number of ether oxygens (including phenoxy) is 5. The van der Waals surface area contributed by atoms with Crippen LogP contribution in [0.3, 0.4) is 0 Å². The number of methoxy groups -OCH3 is 3. The Morgan fingerprint density at radius 3 is 2.41 bits per heavy atom. The number of amides is 1. The van der Waals surface area contributed by atoms with E-state index in [1.807, 2.05) is 0 Å². The molecule has 1 aliphatic rings. The number of hydrazone groups is 1. The van der Waals surface area contributed by atoms with Crippen LogP contribution in [0.5, 0.6) is 28.7 Å². The molecule has 1 N–H and O–H groups in total. The first-order chi connectivity index (χ1) is 14.1. The van der Waals surface area contributed by atoms with E-state index in [0.29, 0.717) is 58.1 Å². The summed E-state index contributed by atoms with van der Waals surface area (Å²) in [5.74, 6) is 1.76. The van der Waals surface area contributed by atoms with Crippen LogP contribution in [0.2, 0.25) is 5.02 Å². The number of nitrogens with one attached hydrogen (secondary N) is 1. The zero-order chi connectivity index (χ0) is 20.8. The van der Waals surface area contributed by atoms with E-state index in [-0.39, 0.29) is 0 Å². The Bertz CT molecular complexity index is 906. The van der Waals surface area contributed by atoms with E-state index in [1.54, 1.807) is 12.1 Å². The molecule has 0 aliphatic carbocycles. The second-order valence-corrected chi connectivity index (χ2v) is 6.40. The summed E-state index contributed by atoms with van der Waals surface area (Å²) < 4.78 is 27.0. The number of hydrogen-bond donors (Lipinski definition) is 1. The SMILES string of the molecule is COc1cc(C(=O)N/N=C\c2cc(Cl)c3c(c2)OCCCO3)cc(OC)c1OC. The molecule has 3 rings (SSSR count). The minimum absolute atomic E-state index is 0.299. The summed E-state index contributed by atoms with van der Waals surface area (Å²) in [6, 6.07) is 6.51. The molecule has 9 heteroatoms. The van der Waals surface area contributed by atoms with Gasteiger partial charge < -0.3 is 23.7 Å². The van der Waals surface area contributed by atoms with Crippen LogP contribution in [0.1, 0.15) is 22.3 Å². The average molecular weight is 421 g/mol. The molecule has 0 bridgehead atoms. The standard InChI is InChI=1S/C20H21ClN2O6/c1-25-15-9-13(10-16(26-2)19(15)27-3)20(24)23-22-11-12-7-14(21)18-17(8-12)28-5-4-6-29-18/h7-11H,4-6H2,1-3H3,(H,23,24)/b22-11-. The van der Waals surface area contributed by atoms with Crippen LogP contribution in [-0.2, 0) is 0 Å². The van der Waals surface area contributed by atoms with Crippen LogP contribution in [-0.4, -0.2) is 46.7 Å². The van der Waals surface area contributed by atoms with Crippen LogP contribution < -0.4 is 29.1 Å². The highest BCUT2D eigenvalue weighted by Gasteiger charge is 2.17. The Morgan fingerprint density at radius 2 is 1.76 bits per heavy atom. The van der Waals surface area contributed by atoms with Gasteiger partial charge in [0.25, 0.3) is 5.91 Å². The Kier molecular flexibility index (Phi) is 6.66. The molecular weight excluding hydrogens is 400 g/mol. The summed E-state index contributed by atoms with van der Waals surface area (Å²) in [7, 11) is 4.45. The topological polar surface area (TPSA) is 87.6 Å². The zero-order valence-electron chi connectivity index (χ0n) is 16.3. The number of halogens is 1. The molecule has 8 nitrogen and oxygen atoms in total. The van der Waals surface area contributed by atoms with Gasteiger partial charge in [-0.1, -0.05) is 11.6 Å². The normalized spacial score (nSPS) is 13.0. The smallest absolute Gasteiger partial charge is 0.271 e. The van der Waals surface area contributed by atoms with Gasteiger partial charge in [-0.15, -0.1) is 0 Å². The quantitative estimate of drug-likeness (QED) is 0.570. The average Bonchev–Trinajstić information content (AvgIpc) is 2.98. The lowest BCUT2D eigenvalue weighted by Gasteiger charge is -2.13. The zero-order valence-corrected chi connectivity index (χ0v) is 17.0. The fourth-order valence-electron chi connectivity index (χ4n) is 2.77. The Labute approximate surface area is 173 Å². The van der Waals surface area contributed by atoms with Gasteiger partial charge in [0.2, 0.25) is 5.75 Å². The second-order valence-electron chi connectivity index (χ2n) is 5.99. The highest BCUT2D eigenvalue weighted by atomic mass is 35.5. The third-order valence-electron chi connectivity index (χ3n) is 4.13. The number of benzene rings is 2. The predicted molar refractivity (Wildman–Crippen MR) is 108 cm³/mol. The Morgan fingerprint density at radius 1 is 1.07 bits per heavy atom. The molecule has 1 amide bonds. The van der Waals surface area contributed by atoms with E-state index < -0.39 is 5.91 Å². The van der Waals surface area contributed by atoms with Crippen LogP contribution in [0, 0.1) is 0 Å². The van der Waals surface area contributed by atoms with Gasteiger partial charge in [0, 0.05) is 12.0 Å². The molecule has 1 aliphatic heterocycles. The summed E-state index contributed by atoms with van der Waals surface area (Å²) in [5.41, 5.74) is 3.42. The van der Waals surface area contributed by atoms with Gasteiger partial charge in [0.1, 0.15) is 0 Å². The number of carbonyl (C=O) groups excluding carboxylic acids is 1. The van der Waals surface area contributed by atoms with E-state index in [9.17, 15) is 4.79 Å². The monoisotopic (exact) mass is 420 g/mol. The Balaban J connectivity index is 1.76. The van der Waals surface area contributed by atoms with E-state index in [2.05, 4.69) is 10.5 Å². The summed E-state index contributed by atoms with van der Waals surface area (Å²) in [5, 5.41) is 4.41. The van der Waals surface area contributed by atoms with Crippen molar-refractivity contribution >= 4 is 23.7 Å². The first-order valence-electron chi connectivity index (χ1n) is 8.80. The van der Waals surface area contributed by atoms with Crippen LogP contribution in [0.4, 0.5) is 0 Å². The lowest BCUT2D eigenvalue weighted by Crippen LogP contribution is -2.18. The Hall–Kier alpha value is -3.13. The molecule has 0 aromatic heterocycles. The molecule has 154 valence electrons. The molecule has 0 saturated heterocycles. The summed E-state index contributed by atoms with van der Waals surface area (Å²) in [6.07, 6.45) is 2.25. The number of rotatable bonds is 6. The lowest BCUT2D eigenvalue weighted by molar-refractivity contribution is 0.0954. The van der Waals surface area contributed by atoms with E-state index in [0.717, 1.165) is 6.42 Å². The summed E-state index contributed by atoms with van der Waals surface area (Å²) in [6.45, 7) is 1.09. The van der Waals surface area contributed by atoms with Crippen LogP contribution in [0.25, 0.3) is 0 Å². The van der Waals surface area contributed by atoms with Gasteiger partial charge in [-0.2, -0.15) is 5.10 Å². The molecular formula is C20H21ClN2O6. The van der Waals surface area contributed by atoms with Crippen molar-refractivity contribution in [2.75, 3.05) is 34.5 Å². The van der Waals surface area contributed by atoms with Gasteiger partial charge >= 0.3 is 0 Å². The van der Waals surface area contributed by atoms with Gasteiger partial charge in [-0.3, -0.25) is 4.79 Å². The first-order valence-corrected chi connectivity index (χ1v) is 9.17. The summed E-state index contributed by atoms with van der Waals surface area (Å²) in [4.78, 5) is 12.5. The molecule has 0 atom stereocenters. The molecule has 2 aromatic rings. The number of fused-ring (bicyclic) bond motifs is 1. The van der Waals surface area contributed by atoms with Crippen molar-refractivity contribution in [3.8, 4) is 28.7 Å². The molecule has 2 aromatic carbocycles. The van der Waals surface area contributed by atoms with E-state index in [4.69, 9.17) is 35.3 Å². The maximum absolute atomic E-state index is 12.5. The van der Waals surface area contributed by atoms with Gasteiger partial charge in [-0.25, -0.2) is 5.43 Å². The highest BCUT2D eigenvalue weighted by molar-refractivity contribution is 6.32. The number of carbonyl (C=O) groups is 1. The third-order valence-corrected chi connectivity index (χ3v) is 4.41. The second kappa shape index (κ2) is 9.38. The lowest BCUT2D eigenvalue weighted by atomic mass is 10.1. The number of hydrogen-bond acceptors (Lipinski definition) is 7. The van der Waals surface area contributed by atoms with Crippen LogP contribution in [0.15, 0.2) is 29.4 Å². The van der Waals surface area contributed by atoms with E-state index in [1.165, 1.54) is 39.7 Å². The molecule has 0 fully saturated rings. The largest absolute Gasteiger partial charge is 0.493 e. The predicted octanol–water partition coefficient (Wildman–Crippen LogP) is 3.29. The van der Waals surface area contributed by atoms with Crippen molar-refractivity contribution in [2.24, 2.45) is 5.10 Å². The van der Waals surface area contributed by atoms with Crippen molar-refractivity contribution in [1.29, 1.82) is 0 Å². The highest BCUT2D eigenvalue weighted by Crippen LogP contribution is 2.39. The molecule has 1 heterocycles. The van der Waals surface area contributed by atoms with Crippen molar-refractivity contribution in [1.82, 2.24) is 5.43 Å². The van der Waals surface area contributed by atoms with Gasteiger partial charge in [-0.05, 0) is 29.8 Å². The van der Waals surface area contributed by atoms with Crippen molar-refractivity contribution < 1.29 is 28.5 Å². The minimum atomic E-state index is -0.444. The molecule has 0 unspecified atom stereocenters. The van der Waals surface area contributed by atoms with E-state index >= 15 is 0 Å². The number of nitrogens with zero attached hydrogens (tertiary/aromatic N) is 1. The van der Waals surface area contributed by atoms with Crippen LogP contribution >= 0.6 is 11.6 Å². The van der Waals surface area contributed by atoms with Gasteiger partial charge in [0.05, 0.1) is 45.8 Å².